The lowest BCUT2D eigenvalue weighted by atomic mass is 9.98. The summed E-state index contributed by atoms with van der Waals surface area (Å²) >= 11 is 0. The maximum absolute atomic E-state index is 12.7. The zero-order chi connectivity index (χ0) is 21.2. The second kappa shape index (κ2) is 8.31. The van der Waals surface area contributed by atoms with E-state index in [2.05, 4.69) is 5.32 Å². The van der Waals surface area contributed by atoms with Crippen LogP contribution in [0.1, 0.15) is 45.2 Å². The molecule has 0 unspecified atom stereocenters. The van der Waals surface area contributed by atoms with Crippen LogP contribution in [-0.2, 0) is 22.6 Å². The summed E-state index contributed by atoms with van der Waals surface area (Å²) in [5.41, 5.74) is 1.27. The highest BCUT2D eigenvalue weighted by Crippen LogP contribution is 2.34. The molecule has 0 saturated carbocycles. The first kappa shape index (κ1) is 21.0. The van der Waals surface area contributed by atoms with E-state index < -0.39 is 11.6 Å². The van der Waals surface area contributed by atoms with Gasteiger partial charge in [-0.15, -0.1) is 0 Å². The first-order chi connectivity index (χ1) is 13.8. The lowest BCUT2D eigenvalue weighted by Gasteiger charge is -2.30. The Morgan fingerprint density at radius 1 is 1.10 bits per heavy atom. The van der Waals surface area contributed by atoms with E-state index in [9.17, 15) is 14.4 Å². The largest absolute Gasteiger partial charge is 0.490 e. The maximum atomic E-state index is 12.7. The van der Waals surface area contributed by atoms with E-state index in [1.54, 1.807) is 18.7 Å². The minimum absolute atomic E-state index is 0.0761. The third-order valence-corrected chi connectivity index (χ3v) is 5.22. The van der Waals surface area contributed by atoms with Gasteiger partial charge in [-0.2, -0.15) is 0 Å². The summed E-state index contributed by atoms with van der Waals surface area (Å²) < 4.78 is 11.4. The van der Waals surface area contributed by atoms with E-state index in [1.807, 2.05) is 26.0 Å². The summed E-state index contributed by atoms with van der Waals surface area (Å²) in [6.07, 6.45) is 0.837. The summed E-state index contributed by atoms with van der Waals surface area (Å²) in [6, 6.07) is 3.51. The first-order valence-electron chi connectivity index (χ1n) is 10.1. The predicted octanol–water partition coefficient (Wildman–Crippen LogP) is 2.09. The molecule has 158 valence electrons. The molecule has 1 saturated heterocycles. The molecule has 2 aliphatic rings. The number of hydrogen-bond donors (Lipinski definition) is 1. The van der Waals surface area contributed by atoms with Crippen LogP contribution in [0.15, 0.2) is 12.1 Å². The van der Waals surface area contributed by atoms with Gasteiger partial charge in [0.1, 0.15) is 5.54 Å². The Morgan fingerprint density at radius 2 is 1.72 bits per heavy atom. The molecule has 1 aromatic carbocycles. The SMILES string of the molecule is CCOc1cc2c(cc1OCC)CN(C(=O)CCN1C(=O)NC(C)(C)C1=O)CC2. The molecule has 3 rings (SSSR count). The normalized spacial score (nSPS) is 17.8. The van der Waals surface area contributed by atoms with Crippen molar-refractivity contribution in [1.82, 2.24) is 15.1 Å². The van der Waals surface area contributed by atoms with E-state index in [1.165, 1.54) is 0 Å². The Bertz CT molecular complexity index is 821. The van der Waals surface area contributed by atoms with Crippen molar-refractivity contribution in [3.8, 4) is 11.5 Å². The van der Waals surface area contributed by atoms with Gasteiger partial charge in [0.2, 0.25) is 5.91 Å². The molecule has 0 aromatic heterocycles. The molecular formula is C21H29N3O5. The van der Waals surface area contributed by atoms with E-state index in [0.717, 1.165) is 28.2 Å². The highest BCUT2D eigenvalue weighted by molar-refractivity contribution is 6.06. The molecule has 1 aromatic rings. The third kappa shape index (κ3) is 4.31. The van der Waals surface area contributed by atoms with Crippen LogP contribution in [0.2, 0.25) is 0 Å². The topological polar surface area (TPSA) is 88.2 Å². The van der Waals surface area contributed by atoms with Gasteiger partial charge in [-0.25, -0.2) is 4.79 Å². The molecule has 8 heteroatoms. The smallest absolute Gasteiger partial charge is 0.325 e. The number of amides is 4. The summed E-state index contributed by atoms with van der Waals surface area (Å²) in [4.78, 5) is 39.9. The fourth-order valence-electron chi connectivity index (χ4n) is 3.70. The average Bonchev–Trinajstić information content (AvgIpc) is 2.87. The number of nitrogens with one attached hydrogen (secondary N) is 1. The molecule has 0 spiro atoms. The number of imide groups is 1. The van der Waals surface area contributed by atoms with Gasteiger partial charge in [0.05, 0.1) is 13.2 Å². The van der Waals surface area contributed by atoms with E-state index in [0.29, 0.717) is 32.1 Å². The van der Waals surface area contributed by atoms with Crippen LogP contribution >= 0.6 is 0 Å². The lowest BCUT2D eigenvalue weighted by Crippen LogP contribution is -2.41. The minimum atomic E-state index is -0.919. The van der Waals surface area contributed by atoms with Gasteiger partial charge in [0.15, 0.2) is 11.5 Å². The van der Waals surface area contributed by atoms with Crippen molar-refractivity contribution in [1.29, 1.82) is 0 Å². The van der Waals surface area contributed by atoms with Crippen LogP contribution < -0.4 is 14.8 Å². The summed E-state index contributed by atoms with van der Waals surface area (Å²) in [5, 5.41) is 2.63. The molecule has 2 heterocycles. The molecule has 1 fully saturated rings. The molecule has 0 bridgehead atoms. The summed E-state index contributed by atoms with van der Waals surface area (Å²) in [6.45, 7) is 9.41. The van der Waals surface area contributed by atoms with Gasteiger partial charge in [0.25, 0.3) is 5.91 Å². The standard InChI is InChI=1S/C21H29N3O5/c1-5-28-16-11-14-7-9-23(13-15(14)12-17(16)29-6-2)18(25)8-10-24-19(26)21(3,4)22-20(24)27/h11-12H,5-10,13H2,1-4H3,(H,22,27). The number of ether oxygens (including phenoxy) is 2. The van der Waals surface area contributed by atoms with Crippen LogP contribution in [0.5, 0.6) is 11.5 Å². The number of fused-ring (bicyclic) bond motifs is 1. The van der Waals surface area contributed by atoms with Crippen molar-refractivity contribution in [2.24, 2.45) is 0 Å². The molecule has 0 aliphatic carbocycles. The Hall–Kier alpha value is -2.77. The van der Waals surface area contributed by atoms with Crippen molar-refractivity contribution < 1.29 is 23.9 Å². The van der Waals surface area contributed by atoms with E-state index >= 15 is 0 Å². The van der Waals surface area contributed by atoms with Crippen molar-refractivity contribution in [2.45, 2.75) is 52.6 Å². The lowest BCUT2D eigenvalue weighted by molar-refractivity contribution is -0.133. The van der Waals surface area contributed by atoms with Gasteiger partial charge in [-0.1, -0.05) is 0 Å². The number of hydrogen-bond acceptors (Lipinski definition) is 5. The molecular weight excluding hydrogens is 374 g/mol. The molecule has 8 nitrogen and oxygen atoms in total. The molecule has 1 N–H and O–H groups in total. The zero-order valence-corrected chi connectivity index (χ0v) is 17.5. The minimum Gasteiger partial charge on any atom is -0.490 e. The Labute approximate surface area is 171 Å². The molecule has 2 aliphatic heterocycles. The zero-order valence-electron chi connectivity index (χ0n) is 17.5. The van der Waals surface area contributed by atoms with Crippen LogP contribution in [0.25, 0.3) is 0 Å². The monoisotopic (exact) mass is 403 g/mol. The summed E-state index contributed by atoms with van der Waals surface area (Å²) in [7, 11) is 0. The van der Waals surface area contributed by atoms with Crippen LogP contribution in [0.3, 0.4) is 0 Å². The van der Waals surface area contributed by atoms with Crippen LogP contribution in [0, 0.1) is 0 Å². The fourth-order valence-corrected chi connectivity index (χ4v) is 3.70. The van der Waals surface area contributed by atoms with Gasteiger partial charge >= 0.3 is 6.03 Å². The van der Waals surface area contributed by atoms with Gasteiger partial charge in [-0.3, -0.25) is 14.5 Å². The Morgan fingerprint density at radius 3 is 2.28 bits per heavy atom. The average molecular weight is 403 g/mol. The fraction of sp³-hybridized carbons (Fsp3) is 0.571. The molecule has 0 atom stereocenters. The summed E-state index contributed by atoms with van der Waals surface area (Å²) in [5.74, 6) is 1.04. The number of carbonyl (C=O) groups excluding carboxylic acids is 3. The Kier molecular flexibility index (Phi) is 6.00. The second-order valence-corrected chi connectivity index (χ2v) is 7.76. The molecule has 4 amide bonds. The third-order valence-electron chi connectivity index (χ3n) is 5.22. The highest BCUT2D eigenvalue weighted by atomic mass is 16.5. The van der Waals surface area contributed by atoms with Crippen molar-refractivity contribution in [3.05, 3.63) is 23.3 Å². The highest BCUT2D eigenvalue weighted by Gasteiger charge is 2.44. The van der Waals surface area contributed by atoms with Gasteiger partial charge < -0.3 is 19.7 Å². The second-order valence-electron chi connectivity index (χ2n) is 7.76. The van der Waals surface area contributed by atoms with Gasteiger partial charge in [0, 0.05) is 26.1 Å². The van der Waals surface area contributed by atoms with Crippen LogP contribution in [-0.4, -0.2) is 59.5 Å². The van der Waals surface area contributed by atoms with Gasteiger partial charge in [-0.05, 0) is 57.4 Å². The number of benzene rings is 1. The maximum Gasteiger partial charge on any atom is 0.325 e. The van der Waals surface area contributed by atoms with Crippen molar-refractivity contribution in [3.63, 3.8) is 0 Å². The Balaban J connectivity index is 1.65. The predicted molar refractivity (Wildman–Crippen MR) is 107 cm³/mol. The van der Waals surface area contributed by atoms with Crippen molar-refractivity contribution in [2.75, 3.05) is 26.3 Å². The first-order valence-corrected chi connectivity index (χ1v) is 10.1. The quantitative estimate of drug-likeness (QED) is 0.705. The molecule has 29 heavy (non-hydrogen) atoms. The van der Waals surface area contributed by atoms with Crippen LogP contribution in [0.4, 0.5) is 4.79 Å². The number of urea groups is 1. The van der Waals surface area contributed by atoms with E-state index in [-0.39, 0.29) is 24.8 Å². The number of rotatable bonds is 7. The number of carbonyl (C=O) groups is 3. The number of nitrogens with zero attached hydrogens (tertiary/aromatic N) is 2. The van der Waals surface area contributed by atoms with Crippen molar-refractivity contribution >= 4 is 17.8 Å². The van der Waals surface area contributed by atoms with E-state index in [4.69, 9.17) is 9.47 Å². The molecule has 0 radical (unpaired) electrons.